The lowest BCUT2D eigenvalue weighted by Gasteiger charge is -2.37. The van der Waals surface area contributed by atoms with E-state index in [1.165, 1.54) is 4.57 Å². The summed E-state index contributed by atoms with van der Waals surface area (Å²) in [6, 6.07) is 9.44. The fraction of sp³-hybridized carbons (Fsp3) is 0.607. The zero-order chi connectivity index (χ0) is 26.8. The number of morpholine rings is 1. The van der Waals surface area contributed by atoms with Crippen molar-refractivity contribution in [3.63, 3.8) is 0 Å². The number of rotatable bonds is 8. The van der Waals surface area contributed by atoms with Crippen LogP contribution in [-0.4, -0.2) is 82.6 Å². The van der Waals surface area contributed by atoms with Crippen molar-refractivity contribution in [1.29, 1.82) is 0 Å². The molecule has 3 aromatic rings. The van der Waals surface area contributed by atoms with Crippen LogP contribution < -0.4 is 10.2 Å². The van der Waals surface area contributed by atoms with Crippen LogP contribution in [0.5, 0.6) is 0 Å². The average molecular weight is 544 g/mol. The second-order valence-corrected chi connectivity index (χ2v) is 10.8. The number of anilines is 2. The van der Waals surface area contributed by atoms with E-state index in [1.807, 2.05) is 6.07 Å². The minimum atomic E-state index is -2.75. The lowest BCUT2D eigenvalue weighted by molar-refractivity contribution is 0.111. The van der Waals surface area contributed by atoms with Gasteiger partial charge in [-0.2, -0.15) is 9.97 Å². The molecule has 1 atom stereocenters. The molecule has 1 saturated carbocycles. The van der Waals surface area contributed by atoms with E-state index >= 15 is 0 Å². The first-order chi connectivity index (χ1) is 19.1. The molecule has 3 fully saturated rings. The number of halogens is 3. The molecule has 2 aromatic heterocycles. The maximum absolute atomic E-state index is 14.1. The van der Waals surface area contributed by atoms with Crippen LogP contribution in [0.2, 0.25) is 0 Å². The second kappa shape index (κ2) is 11.7. The highest BCUT2D eigenvalue weighted by Crippen LogP contribution is 2.33. The number of alkyl halides is 3. The Hall–Kier alpha value is -2.92. The molecule has 210 valence electrons. The third kappa shape index (κ3) is 5.56. The summed E-state index contributed by atoms with van der Waals surface area (Å²) >= 11 is 0. The topological polar surface area (TPSA) is 71.3 Å². The number of ether oxygens (including phenoxy) is 1. The number of hydrogen-bond donors (Lipinski definition) is 1. The Morgan fingerprint density at radius 3 is 2.49 bits per heavy atom. The zero-order valence-electron chi connectivity index (χ0n) is 22.1. The SMILES string of the molecule is FC[C@@H]1CCCN1[C@H]1CC[C@@H](CNc2nc(N3CCOCC3)cc(-n3c(C(F)F)nc4ccccc43)n2)CC1. The van der Waals surface area contributed by atoms with Gasteiger partial charge in [0.2, 0.25) is 5.95 Å². The number of likely N-dealkylation sites (tertiary alicyclic amines) is 1. The molecule has 0 bridgehead atoms. The average Bonchev–Trinajstić information content (AvgIpc) is 3.62. The van der Waals surface area contributed by atoms with Crippen LogP contribution >= 0.6 is 0 Å². The molecule has 1 N–H and O–H groups in total. The van der Waals surface area contributed by atoms with Crippen LogP contribution in [0, 0.1) is 5.92 Å². The molecule has 8 nitrogen and oxygen atoms in total. The lowest BCUT2D eigenvalue weighted by atomic mass is 9.85. The van der Waals surface area contributed by atoms with E-state index in [-0.39, 0.29) is 18.5 Å². The number of para-hydroxylation sites is 2. The normalized spacial score (nSPS) is 24.6. The Morgan fingerprint density at radius 1 is 0.949 bits per heavy atom. The Bertz CT molecular complexity index is 1260. The molecule has 0 spiro atoms. The minimum Gasteiger partial charge on any atom is -0.378 e. The van der Waals surface area contributed by atoms with Gasteiger partial charge in [0, 0.05) is 37.8 Å². The largest absolute Gasteiger partial charge is 0.378 e. The zero-order valence-corrected chi connectivity index (χ0v) is 22.1. The molecular weight excluding hydrogens is 507 g/mol. The molecule has 6 rings (SSSR count). The highest BCUT2D eigenvalue weighted by Gasteiger charge is 2.33. The van der Waals surface area contributed by atoms with Gasteiger partial charge in [0.25, 0.3) is 6.43 Å². The molecular formula is C28H36F3N7O. The van der Waals surface area contributed by atoms with Gasteiger partial charge in [0.1, 0.15) is 18.3 Å². The lowest BCUT2D eigenvalue weighted by Crippen LogP contribution is -2.42. The maximum atomic E-state index is 14.1. The Balaban J connectivity index is 1.23. The van der Waals surface area contributed by atoms with Crippen LogP contribution in [0.15, 0.2) is 30.3 Å². The van der Waals surface area contributed by atoms with Gasteiger partial charge in [0.05, 0.1) is 24.2 Å². The van der Waals surface area contributed by atoms with E-state index in [0.29, 0.717) is 73.4 Å². The molecule has 39 heavy (non-hydrogen) atoms. The molecule has 0 unspecified atom stereocenters. The van der Waals surface area contributed by atoms with Gasteiger partial charge in [-0.3, -0.25) is 9.47 Å². The summed E-state index contributed by atoms with van der Waals surface area (Å²) in [5.41, 5.74) is 1.08. The fourth-order valence-electron chi connectivity index (χ4n) is 6.42. The van der Waals surface area contributed by atoms with Gasteiger partial charge in [-0.25, -0.2) is 18.2 Å². The first-order valence-electron chi connectivity index (χ1n) is 14.1. The van der Waals surface area contributed by atoms with Crippen LogP contribution in [0.1, 0.15) is 50.8 Å². The number of imidazole rings is 1. The van der Waals surface area contributed by atoms with E-state index in [2.05, 4.69) is 20.1 Å². The van der Waals surface area contributed by atoms with E-state index in [4.69, 9.17) is 14.7 Å². The predicted octanol–water partition coefficient (Wildman–Crippen LogP) is 4.99. The highest BCUT2D eigenvalue weighted by molar-refractivity contribution is 5.78. The summed E-state index contributed by atoms with van der Waals surface area (Å²) in [5.74, 6) is 1.59. The number of hydrogen-bond acceptors (Lipinski definition) is 7. The fourth-order valence-corrected chi connectivity index (χ4v) is 6.42. The molecule has 2 aliphatic heterocycles. The van der Waals surface area contributed by atoms with E-state index < -0.39 is 6.43 Å². The number of nitrogens with zero attached hydrogens (tertiary/aromatic N) is 6. The van der Waals surface area contributed by atoms with Gasteiger partial charge >= 0.3 is 0 Å². The third-order valence-corrected chi connectivity index (χ3v) is 8.48. The first kappa shape index (κ1) is 26.3. The van der Waals surface area contributed by atoms with Gasteiger partial charge in [-0.15, -0.1) is 0 Å². The molecule has 1 aromatic carbocycles. The third-order valence-electron chi connectivity index (χ3n) is 8.48. The van der Waals surface area contributed by atoms with Crippen molar-refractivity contribution < 1.29 is 17.9 Å². The molecule has 1 aliphatic carbocycles. The summed E-state index contributed by atoms with van der Waals surface area (Å²) in [7, 11) is 0. The van der Waals surface area contributed by atoms with Gasteiger partial charge in [0.15, 0.2) is 5.82 Å². The molecule has 0 amide bonds. The van der Waals surface area contributed by atoms with Crippen LogP contribution in [-0.2, 0) is 4.74 Å². The van der Waals surface area contributed by atoms with E-state index in [9.17, 15) is 13.2 Å². The highest BCUT2D eigenvalue weighted by atomic mass is 19.3. The first-order valence-corrected chi connectivity index (χ1v) is 14.1. The Labute approximate surface area is 226 Å². The van der Waals surface area contributed by atoms with E-state index in [0.717, 1.165) is 45.1 Å². The van der Waals surface area contributed by atoms with Gasteiger partial charge < -0.3 is 15.0 Å². The summed E-state index contributed by atoms with van der Waals surface area (Å²) in [4.78, 5) is 18.2. The summed E-state index contributed by atoms with van der Waals surface area (Å²) in [6.45, 7) is 3.98. The maximum Gasteiger partial charge on any atom is 0.296 e. The second-order valence-electron chi connectivity index (χ2n) is 10.8. The van der Waals surface area contributed by atoms with Crippen molar-refractivity contribution in [1.82, 2.24) is 24.4 Å². The molecule has 2 saturated heterocycles. The Kier molecular flexibility index (Phi) is 7.87. The molecule has 0 radical (unpaired) electrons. The van der Waals surface area contributed by atoms with Crippen molar-refractivity contribution in [2.45, 2.75) is 57.0 Å². The van der Waals surface area contributed by atoms with Crippen molar-refractivity contribution in [3.8, 4) is 5.82 Å². The number of nitrogens with one attached hydrogen (secondary N) is 1. The summed E-state index contributed by atoms with van der Waals surface area (Å²) < 4.78 is 48.6. The van der Waals surface area contributed by atoms with Crippen molar-refractivity contribution in [2.75, 3.05) is 56.3 Å². The van der Waals surface area contributed by atoms with Crippen molar-refractivity contribution in [3.05, 3.63) is 36.2 Å². The van der Waals surface area contributed by atoms with Crippen LogP contribution in [0.25, 0.3) is 16.9 Å². The smallest absolute Gasteiger partial charge is 0.296 e. The van der Waals surface area contributed by atoms with Gasteiger partial charge in [-0.05, 0) is 63.1 Å². The number of benzene rings is 1. The molecule has 11 heteroatoms. The van der Waals surface area contributed by atoms with Crippen molar-refractivity contribution >= 4 is 22.8 Å². The van der Waals surface area contributed by atoms with Crippen molar-refractivity contribution in [2.24, 2.45) is 5.92 Å². The van der Waals surface area contributed by atoms with Crippen LogP contribution in [0.4, 0.5) is 24.9 Å². The van der Waals surface area contributed by atoms with Gasteiger partial charge in [-0.1, -0.05) is 12.1 Å². The quantitative estimate of drug-likeness (QED) is 0.429. The van der Waals surface area contributed by atoms with Crippen LogP contribution in [0.3, 0.4) is 0 Å². The number of aromatic nitrogens is 4. The van der Waals surface area contributed by atoms with E-state index in [1.54, 1.807) is 24.3 Å². The monoisotopic (exact) mass is 543 g/mol. The predicted molar refractivity (Wildman–Crippen MR) is 145 cm³/mol. The summed E-state index contributed by atoms with van der Waals surface area (Å²) in [6.07, 6.45) is 3.57. The number of fused-ring (bicyclic) bond motifs is 1. The minimum absolute atomic E-state index is 0.0943. The molecule has 3 aliphatic rings. The molecule has 4 heterocycles. The standard InChI is InChI=1S/C28H36F3N7O/c29-17-21-4-3-11-37(21)20-9-7-19(8-10-20)18-32-28-34-24(36-12-14-39-15-13-36)16-25(35-28)38-23-6-2-1-5-22(23)33-27(38)26(30)31/h1-2,5-6,16,19-21,26H,3-4,7-15,17-18H2,(H,32,34,35)/t19-,20+,21-/m0/s1. The summed E-state index contributed by atoms with van der Waals surface area (Å²) in [5, 5.41) is 3.42. The Morgan fingerprint density at radius 2 is 1.72 bits per heavy atom.